The van der Waals surface area contributed by atoms with Crippen LogP contribution in [0.4, 0.5) is 13.2 Å². The summed E-state index contributed by atoms with van der Waals surface area (Å²) in [6.45, 7) is 2.59. The standard InChI is InChI=1S/C25H24F3NO7S/c1-15(30)33-14-23-11-22(34-16(2)31)12-24(35-23)18-5-6-19(13-29)20(10-18)9-17-3-7-21(8-4-17)36-37(32)25(26,27)28/h3-8,10,22-24H,9,11-12,14H2,1-2H3. The molecule has 0 spiro atoms. The van der Waals surface area contributed by atoms with E-state index >= 15 is 0 Å². The fourth-order valence-corrected chi connectivity index (χ4v) is 4.30. The number of alkyl halides is 3. The van der Waals surface area contributed by atoms with Crippen LogP contribution < -0.4 is 4.18 Å². The minimum absolute atomic E-state index is 0.000279. The number of carbonyl (C=O) groups excluding carboxylic acids is 2. The summed E-state index contributed by atoms with van der Waals surface area (Å²) in [5, 5.41) is 9.57. The van der Waals surface area contributed by atoms with Gasteiger partial charge in [-0.15, -0.1) is 0 Å². The first-order valence-electron chi connectivity index (χ1n) is 11.2. The Morgan fingerprint density at radius 2 is 1.81 bits per heavy atom. The van der Waals surface area contributed by atoms with Crippen LogP contribution in [0.1, 0.15) is 55.0 Å². The van der Waals surface area contributed by atoms with Gasteiger partial charge < -0.3 is 18.4 Å². The van der Waals surface area contributed by atoms with Crippen LogP contribution in [0.2, 0.25) is 0 Å². The van der Waals surface area contributed by atoms with Crippen molar-refractivity contribution in [3.63, 3.8) is 0 Å². The zero-order valence-corrected chi connectivity index (χ0v) is 20.8. The van der Waals surface area contributed by atoms with Crippen molar-refractivity contribution in [2.24, 2.45) is 0 Å². The molecule has 2 aromatic rings. The lowest BCUT2D eigenvalue weighted by atomic mass is 9.92. The van der Waals surface area contributed by atoms with Crippen molar-refractivity contribution >= 4 is 23.0 Å². The quantitative estimate of drug-likeness (QED) is 0.453. The molecular weight excluding hydrogens is 515 g/mol. The maximum absolute atomic E-state index is 12.5. The maximum atomic E-state index is 12.5. The van der Waals surface area contributed by atoms with E-state index in [0.29, 0.717) is 29.5 Å². The molecule has 1 aliphatic heterocycles. The van der Waals surface area contributed by atoms with Gasteiger partial charge in [-0.1, -0.05) is 24.3 Å². The highest BCUT2D eigenvalue weighted by atomic mass is 32.2. The molecule has 0 aliphatic carbocycles. The van der Waals surface area contributed by atoms with Crippen LogP contribution in [0.15, 0.2) is 42.5 Å². The van der Waals surface area contributed by atoms with Crippen molar-refractivity contribution in [2.75, 3.05) is 6.61 Å². The van der Waals surface area contributed by atoms with E-state index in [2.05, 4.69) is 10.3 Å². The lowest BCUT2D eigenvalue weighted by Crippen LogP contribution is -2.36. The Labute approximate surface area is 213 Å². The molecule has 2 aromatic carbocycles. The number of rotatable bonds is 8. The molecule has 3 rings (SSSR count). The Morgan fingerprint density at radius 3 is 2.41 bits per heavy atom. The zero-order chi connectivity index (χ0) is 27.2. The van der Waals surface area contributed by atoms with Crippen molar-refractivity contribution in [3.8, 4) is 11.8 Å². The number of nitriles is 1. The first-order chi connectivity index (χ1) is 17.4. The van der Waals surface area contributed by atoms with Crippen LogP contribution in [-0.4, -0.2) is 40.5 Å². The fraction of sp³-hybridized carbons (Fsp3) is 0.400. The van der Waals surface area contributed by atoms with E-state index in [0.717, 1.165) is 5.56 Å². The van der Waals surface area contributed by atoms with Gasteiger partial charge in [-0.3, -0.25) is 9.59 Å². The summed E-state index contributed by atoms with van der Waals surface area (Å²) in [6.07, 6.45) is -0.454. The highest BCUT2D eigenvalue weighted by Crippen LogP contribution is 2.34. The molecule has 1 aliphatic rings. The number of benzene rings is 2. The third kappa shape index (κ3) is 8.30. The van der Waals surface area contributed by atoms with Gasteiger partial charge in [0.05, 0.1) is 23.8 Å². The fourth-order valence-electron chi connectivity index (χ4n) is 3.92. The topological polar surface area (TPSA) is 112 Å². The minimum Gasteiger partial charge on any atom is -0.463 e. The van der Waals surface area contributed by atoms with Gasteiger partial charge in [0.2, 0.25) is 0 Å². The minimum atomic E-state index is -4.99. The van der Waals surface area contributed by atoms with Crippen molar-refractivity contribution in [1.29, 1.82) is 5.26 Å². The van der Waals surface area contributed by atoms with Crippen LogP contribution in [0.25, 0.3) is 0 Å². The van der Waals surface area contributed by atoms with Gasteiger partial charge in [-0.25, -0.2) is 4.21 Å². The summed E-state index contributed by atoms with van der Waals surface area (Å²) < 4.78 is 69.5. The number of esters is 2. The normalized spacial score (nSPS) is 20.4. The zero-order valence-electron chi connectivity index (χ0n) is 19.9. The van der Waals surface area contributed by atoms with E-state index in [1.165, 1.54) is 38.1 Å². The Balaban J connectivity index is 1.79. The van der Waals surface area contributed by atoms with Gasteiger partial charge >= 0.3 is 28.5 Å². The van der Waals surface area contributed by atoms with E-state index < -0.39 is 46.8 Å². The van der Waals surface area contributed by atoms with E-state index in [4.69, 9.17) is 14.2 Å². The predicted molar refractivity (Wildman–Crippen MR) is 124 cm³/mol. The van der Waals surface area contributed by atoms with Crippen molar-refractivity contribution in [1.82, 2.24) is 0 Å². The van der Waals surface area contributed by atoms with Gasteiger partial charge in [0.1, 0.15) is 18.5 Å². The average Bonchev–Trinajstić information content (AvgIpc) is 2.82. The molecule has 0 radical (unpaired) electrons. The van der Waals surface area contributed by atoms with Gasteiger partial charge in [0.15, 0.2) is 0 Å². The van der Waals surface area contributed by atoms with E-state index in [-0.39, 0.29) is 18.8 Å². The first kappa shape index (κ1) is 28.1. The molecular formula is C25H24F3NO7S. The Hall–Kier alpha value is -3.43. The number of nitrogens with zero attached hydrogens (tertiary/aromatic N) is 1. The molecule has 37 heavy (non-hydrogen) atoms. The molecule has 198 valence electrons. The van der Waals surface area contributed by atoms with Crippen molar-refractivity contribution in [2.45, 2.75) is 56.9 Å². The molecule has 0 amide bonds. The van der Waals surface area contributed by atoms with Crippen LogP contribution in [-0.2, 0) is 41.3 Å². The van der Waals surface area contributed by atoms with Gasteiger partial charge in [-0.2, -0.15) is 18.4 Å². The molecule has 12 heteroatoms. The van der Waals surface area contributed by atoms with Crippen LogP contribution >= 0.6 is 0 Å². The molecule has 1 heterocycles. The smallest absolute Gasteiger partial charge is 0.463 e. The molecule has 0 N–H and O–H groups in total. The first-order valence-corrected chi connectivity index (χ1v) is 12.3. The number of ether oxygens (including phenoxy) is 3. The Kier molecular flexibility index (Phi) is 9.29. The molecule has 4 atom stereocenters. The predicted octanol–water partition coefficient (Wildman–Crippen LogP) is 4.43. The summed E-state index contributed by atoms with van der Waals surface area (Å²) in [5.41, 5.74) is -2.56. The third-order valence-corrected chi connectivity index (χ3v) is 6.19. The Bertz CT molecular complexity index is 1190. The summed E-state index contributed by atoms with van der Waals surface area (Å²) >= 11 is -3.47. The van der Waals surface area contributed by atoms with Crippen LogP contribution in [0, 0.1) is 11.3 Å². The lowest BCUT2D eigenvalue weighted by Gasteiger charge is -2.35. The highest BCUT2D eigenvalue weighted by molar-refractivity contribution is 7.81. The van der Waals surface area contributed by atoms with E-state index in [1.807, 2.05) is 0 Å². The lowest BCUT2D eigenvalue weighted by molar-refractivity contribution is -0.169. The SMILES string of the molecule is CC(=O)OCC1CC(OC(C)=O)CC(c2ccc(C#N)c(Cc3ccc(OS(=O)C(F)(F)F)cc3)c2)O1. The average molecular weight is 540 g/mol. The number of halogens is 3. The maximum Gasteiger partial charge on any atom is 0.508 e. The second-order valence-corrected chi connectivity index (χ2v) is 9.46. The molecule has 0 aromatic heterocycles. The molecule has 8 nitrogen and oxygen atoms in total. The van der Waals surface area contributed by atoms with Crippen LogP contribution in [0.5, 0.6) is 5.75 Å². The number of carbonyl (C=O) groups is 2. The second kappa shape index (κ2) is 12.2. The summed E-state index contributed by atoms with van der Waals surface area (Å²) in [5.74, 6) is -1.11. The molecule has 4 unspecified atom stereocenters. The Morgan fingerprint density at radius 1 is 1.11 bits per heavy atom. The molecule has 0 saturated carbocycles. The van der Waals surface area contributed by atoms with Gasteiger partial charge in [0.25, 0.3) is 0 Å². The third-order valence-electron chi connectivity index (χ3n) is 5.46. The number of hydrogen-bond donors (Lipinski definition) is 0. The highest BCUT2D eigenvalue weighted by Gasteiger charge is 2.40. The molecule has 0 bridgehead atoms. The van der Waals surface area contributed by atoms with Crippen molar-refractivity contribution < 1.29 is 45.4 Å². The van der Waals surface area contributed by atoms with Gasteiger partial charge in [-0.05, 0) is 41.3 Å². The summed E-state index contributed by atoms with van der Waals surface area (Å²) in [4.78, 5) is 22.8. The summed E-state index contributed by atoms with van der Waals surface area (Å²) in [6, 6.07) is 12.8. The second-order valence-electron chi connectivity index (χ2n) is 8.37. The summed E-state index contributed by atoms with van der Waals surface area (Å²) in [7, 11) is 0. The number of hydrogen-bond acceptors (Lipinski definition) is 8. The van der Waals surface area contributed by atoms with E-state index in [9.17, 15) is 32.2 Å². The molecule has 1 saturated heterocycles. The molecule has 1 fully saturated rings. The monoisotopic (exact) mass is 539 g/mol. The van der Waals surface area contributed by atoms with Crippen molar-refractivity contribution in [3.05, 3.63) is 64.7 Å². The van der Waals surface area contributed by atoms with Gasteiger partial charge in [0, 0.05) is 26.7 Å². The van der Waals surface area contributed by atoms with Crippen LogP contribution in [0.3, 0.4) is 0 Å². The largest absolute Gasteiger partial charge is 0.508 e. The van der Waals surface area contributed by atoms with E-state index in [1.54, 1.807) is 18.2 Å².